The summed E-state index contributed by atoms with van der Waals surface area (Å²) >= 11 is 6.44. The molecule has 0 fully saturated rings. The molecule has 0 spiro atoms. The second-order valence-corrected chi connectivity index (χ2v) is 0.283. The van der Waals surface area contributed by atoms with Crippen LogP contribution < -0.4 is 0 Å². The van der Waals surface area contributed by atoms with Gasteiger partial charge in [-0.15, -0.1) is 23.3 Å². The molecular weight excluding hydrogens is 348 g/mol. The minimum Gasteiger partial charge on any atom is -1.00 e. The van der Waals surface area contributed by atoms with E-state index in [-0.39, 0.29) is 61.7 Å². The van der Waals surface area contributed by atoms with Crippen molar-refractivity contribution in [2.45, 2.75) is 0 Å². The second-order valence-electron chi connectivity index (χ2n) is 0.283. The van der Waals surface area contributed by atoms with Crippen LogP contribution in [0.4, 0.5) is 4.79 Å². The van der Waals surface area contributed by atoms with E-state index in [9.17, 15) is 0 Å². The molecule has 2 N–H and O–H groups in total. The third-order valence-corrected chi connectivity index (χ3v) is 0. The van der Waals surface area contributed by atoms with Crippen molar-refractivity contribution in [1.82, 2.24) is 0 Å². The van der Waals surface area contributed by atoms with E-state index in [0.29, 0.717) is 0 Å². The van der Waals surface area contributed by atoms with Crippen molar-refractivity contribution in [3.05, 3.63) is 0 Å². The Morgan fingerprint density at radius 3 is 1.38 bits per heavy atom. The smallest absolute Gasteiger partial charge is 1.00 e. The van der Waals surface area contributed by atoms with Crippen LogP contribution in [-0.2, 0) is 21.1 Å². The summed E-state index contributed by atoms with van der Waals surface area (Å²) in [5.41, 5.74) is 0. The maximum Gasteiger partial charge on any atom is 2.00 e. The number of thiol groups is 2. The summed E-state index contributed by atoms with van der Waals surface area (Å²) in [5.74, 6) is 0. The van der Waals surface area contributed by atoms with Crippen molar-refractivity contribution in [3.8, 4) is 0 Å². The molecular formula is CH6CaO3S2W. The average molecular weight is 354 g/mol. The van der Waals surface area contributed by atoms with E-state index in [4.69, 9.17) is 15.0 Å². The topological polar surface area (TPSA) is 57.5 Å². The standard InChI is InChI=1S/CH2O3.Ca.H2S2.W.2H/c2-1(3)4;;1-2;;;/h(H2,2,3,4);;1-2H;;;/q;+2;;;2*-1. The molecule has 0 aliphatic heterocycles. The van der Waals surface area contributed by atoms with E-state index < -0.39 is 6.16 Å². The molecule has 0 rings (SSSR count). The first kappa shape index (κ1) is 22.5. The number of rotatable bonds is 0. The summed E-state index contributed by atoms with van der Waals surface area (Å²) < 4.78 is 0. The first-order valence-electron chi connectivity index (χ1n) is 0.851. The van der Waals surface area contributed by atoms with Gasteiger partial charge in [0.2, 0.25) is 0 Å². The molecule has 0 aliphatic rings. The number of carboxylic acid groups (broad SMARTS) is 2. The third-order valence-electron chi connectivity index (χ3n) is 0. The van der Waals surface area contributed by atoms with Crippen molar-refractivity contribution in [3.63, 3.8) is 0 Å². The van der Waals surface area contributed by atoms with E-state index in [1.807, 2.05) is 0 Å². The number of carbonyl (C=O) groups is 1. The Kier molecular flexibility index (Phi) is 65.1. The molecule has 7 heteroatoms. The molecule has 0 amide bonds. The first-order valence-corrected chi connectivity index (χ1v) is 2.45. The Hall–Kier alpha value is 1.92. The molecule has 0 radical (unpaired) electrons. The molecule has 0 saturated heterocycles. The van der Waals surface area contributed by atoms with Crippen LogP contribution in [0.5, 0.6) is 0 Å². The quantitative estimate of drug-likeness (QED) is 0.296. The van der Waals surface area contributed by atoms with Gasteiger partial charge in [-0.25, -0.2) is 4.79 Å². The summed E-state index contributed by atoms with van der Waals surface area (Å²) in [6.45, 7) is 0. The predicted octanol–water partition coefficient (Wildman–Crippen LogP) is 0.825. The minimum atomic E-state index is -1.83. The van der Waals surface area contributed by atoms with E-state index in [0.717, 1.165) is 0 Å². The molecule has 0 aromatic heterocycles. The van der Waals surface area contributed by atoms with Gasteiger partial charge in [-0.1, -0.05) is 0 Å². The third kappa shape index (κ3) is 103. The van der Waals surface area contributed by atoms with Gasteiger partial charge in [0.25, 0.3) is 0 Å². The van der Waals surface area contributed by atoms with Gasteiger partial charge >= 0.3 is 43.9 Å². The molecule has 0 aromatic carbocycles. The zero-order valence-electron chi connectivity index (χ0n) is 5.81. The fraction of sp³-hybridized carbons (Fsp3) is 0. The zero-order valence-corrected chi connectivity index (χ0v) is 10.7. The first-order chi connectivity index (χ1) is 2.73. The van der Waals surface area contributed by atoms with E-state index in [1.54, 1.807) is 0 Å². The normalized spacial score (nSPS) is 3.75. The van der Waals surface area contributed by atoms with Crippen LogP contribution in [0.3, 0.4) is 0 Å². The zero-order chi connectivity index (χ0) is 5.58. The maximum atomic E-state index is 8.56. The second kappa shape index (κ2) is 23.1. The SMILES string of the molecule is O=C(O)O.SS.[Ca+2].[H-].[H-].[W]. The Balaban J connectivity index is -0.00000000625. The maximum absolute atomic E-state index is 8.56. The Labute approximate surface area is 105 Å². The molecule has 48 valence electrons. The van der Waals surface area contributed by atoms with Crippen LogP contribution in [0.2, 0.25) is 0 Å². The molecule has 3 nitrogen and oxygen atoms in total. The van der Waals surface area contributed by atoms with Crippen molar-refractivity contribution in [2.75, 3.05) is 0 Å². The minimum absolute atomic E-state index is 0. The van der Waals surface area contributed by atoms with Gasteiger partial charge in [0.05, 0.1) is 0 Å². The largest absolute Gasteiger partial charge is 2.00 e. The van der Waals surface area contributed by atoms with Crippen LogP contribution >= 0.6 is 23.3 Å². The fourth-order valence-electron chi connectivity index (χ4n) is 0. The van der Waals surface area contributed by atoms with Crippen molar-refractivity contribution >= 4 is 67.2 Å². The summed E-state index contributed by atoms with van der Waals surface area (Å²) in [6, 6.07) is 0. The van der Waals surface area contributed by atoms with Gasteiger partial charge in [0.15, 0.2) is 0 Å². The van der Waals surface area contributed by atoms with Crippen LogP contribution in [0.15, 0.2) is 0 Å². The molecule has 0 aromatic rings. The van der Waals surface area contributed by atoms with Crippen molar-refractivity contribution in [1.29, 1.82) is 0 Å². The van der Waals surface area contributed by atoms with E-state index in [2.05, 4.69) is 23.3 Å². The van der Waals surface area contributed by atoms with Gasteiger partial charge in [0.1, 0.15) is 0 Å². The molecule has 0 heterocycles. The van der Waals surface area contributed by atoms with E-state index in [1.165, 1.54) is 0 Å². The molecule has 0 aliphatic carbocycles. The van der Waals surface area contributed by atoms with Gasteiger partial charge in [0, 0.05) is 21.1 Å². The van der Waals surface area contributed by atoms with Crippen molar-refractivity contribution in [2.24, 2.45) is 0 Å². The molecule has 0 saturated carbocycles. The monoisotopic (exact) mass is 354 g/mol. The van der Waals surface area contributed by atoms with Crippen LogP contribution in [0.1, 0.15) is 2.85 Å². The van der Waals surface area contributed by atoms with Crippen LogP contribution in [-0.4, -0.2) is 54.1 Å². The number of hydrogen-bond donors (Lipinski definition) is 4. The summed E-state index contributed by atoms with van der Waals surface area (Å²) in [4.78, 5) is 8.56. The molecule has 8 heavy (non-hydrogen) atoms. The summed E-state index contributed by atoms with van der Waals surface area (Å²) in [6.07, 6.45) is -1.83. The van der Waals surface area contributed by atoms with Crippen molar-refractivity contribution < 1.29 is 38.9 Å². The number of hydrogen-bond acceptors (Lipinski definition) is 3. The van der Waals surface area contributed by atoms with Crippen LogP contribution in [0, 0.1) is 0 Å². The summed E-state index contributed by atoms with van der Waals surface area (Å²) in [5, 5.41) is 13.9. The van der Waals surface area contributed by atoms with Gasteiger partial charge in [-0.2, -0.15) is 0 Å². The fourth-order valence-corrected chi connectivity index (χ4v) is 0. The Morgan fingerprint density at radius 2 is 1.38 bits per heavy atom. The summed E-state index contributed by atoms with van der Waals surface area (Å²) in [7, 11) is 0. The van der Waals surface area contributed by atoms with Crippen LogP contribution in [0.25, 0.3) is 0 Å². The van der Waals surface area contributed by atoms with E-state index >= 15 is 0 Å². The van der Waals surface area contributed by atoms with Gasteiger partial charge in [-0.3, -0.25) is 0 Å². The predicted molar refractivity (Wildman–Crippen MR) is 36.6 cm³/mol. The Bertz CT molecular complexity index is 47.5. The molecule has 0 unspecified atom stereocenters. The Morgan fingerprint density at radius 1 is 1.38 bits per heavy atom. The molecule has 0 bridgehead atoms. The van der Waals surface area contributed by atoms with Gasteiger partial charge < -0.3 is 13.1 Å². The van der Waals surface area contributed by atoms with Gasteiger partial charge in [-0.05, 0) is 0 Å². The molecule has 0 atom stereocenters. The average Bonchev–Trinajstić information content (AvgIpc) is 1.41.